The lowest BCUT2D eigenvalue weighted by atomic mass is 10.2. The summed E-state index contributed by atoms with van der Waals surface area (Å²) in [6.07, 6.45) is 0. The lowest BCUT2D eigenvalue weighted by molar-refractivity contribution is 0.376. The van der Waals surface area contributed by atoms with Gasteiger partial charge in [-0.2, -0.15) is 0 Å². The van der Waals surface area contributed by atoms with E-state index >= 15 is 0 Å². The van der Waals surface area contributed by atoms with E-state index in [0.717, 1.165) is 12.1 Å². The van der Waals surface area contributed by atoms with Gasteiger partial charge in [0.25, 0.3) is 0 Å². The molecule has 0 saturated heterocycles. The normalized spacial score (nSPS) is 9.23. The van der Waals surface area contributed by atoms with E-state index in [-0.39, 0.29) is 30.3 Å². The molecule has 0 atom stereocenters. The Morgan fingerprint density at radius 3 is 2.23 bits per heavy atom. The van der Waals surface area contributed by atoms with Gasteiger partial charge in [-0.05, 0) is 12.1 Å². The van der Waals surface area contributed by atoms with Crippen LogP contribution in [0.15, 0.2) is 12.1 Å². The summed E-state index contributed by atoms with van der Waals surface area (Å²) in [7, 11) is 1.27. The second-order valence-corrected chi connectivity index (χ2v) is 2.25. The van der Waals surface area contributed by atoms with Gasteiger partial charge in [0.1, 0.15) is 5.82 Å². The molecule has 0 fully saturated rings. The summed E-state index contributed by atoms with van der Waals surface area (Å²) >= 11 is 0. The Kier molecular flexibility index (Phi) is 4.66. The Morgan fingerprint density at radius 1 is 1.31 bits per heavy atom. The largest absolute Gasteiger partial charge is 0.493 e. The first-order valence-electron chi connectivity index (χ1n) is 3.41. The van der Waals surface area contributed by atoms with Crippen molar-refractivity contribution < 1.29 is 13.5 Å². The lowest BCUT2D eigenvalue weighted by Crippen LogP contribution is -2.04. The maximum absolute atomic E-state index is 12.9. The number of ether oxygens (including phenoxy) is 1. The highest BCUT2D eigenvalue weighted by Crippen LogP contribution is 2.24. The molecule has 0 heterocycles. The highest BCUT2D eigenvalue weighted by Gasteiger charge is 2.12. The zero-order chi connectivity index (χ0) is 9.14. The molecule has 0 spiro atoms. The van der Waals surface area contributed by atoms with Crippen molar-refractivity contribution in [1.82, 2.24) is 0 Å². The zero-order valence-electron chi connectivity index (χ0n) is 7.01. The van der Waals surface area contributed by atoms with Crippen LogP contribution < -0.4 is 10.5 Å². The van der Waals surface area contributed by atoms with Crippen LogP contribution in [0.2, 0.25) is 0 Å². The lowest BCUT2D eigenvalue weighted by Gasteiger charge is -2.07. The fourth-order valence-electron chi connectivity index (χ4n) is 0.986. The molecule has 0 aliphatic rings. The molecule has 0 saturated carbocycles. The SMILES string of the molecule is COc1c(F)ccc(F)c1CN.Cl. The van der Waals surface area contributed by atoms with Crippen LogP contribution in [-0.4, -0.2) is 7.11 Å². The number of rotatable bonds is 2. The van der Waals surface area contributed by atoms with E-state index in [1.807, 2.05) is 0 Å². The first-order valence-corrected chi connectivity index (χ1v) is 3.41. The van der Waals surface area contributed by atoms with E-state index in [4.69, 9.17) is 5.73 Å². The van der Waals surface area contributed by atoms with E-state index in [1.54, 1.807) is 0 Å². The number of hydrogen-bond donors (Lipinski definition) is 1. The van der Waals surface area contributed by atoms with E-state index in [0.29, 0.717) is 0 Å². The Morgan fingerprint density at radius 2 is 1.85 bits per heavy atom. The maximum atomic E-state index is 12.9. The fraction of sp³-hybridized carbons (Fsp3) is 0.250. The number of hydrogen-bond acceptors (Lipinski definition) is 2. The van der Waals surface area contributed by atoms with Crippen LogP contribution in [-0.2, 0) is 6.54 Å². The predicted molar refractivity (Wildman–Crippen MR) is 48.0 cm³/mol. The van der Waals surface area contributed by atoms with Crippen molar-refractivity contribution >= 4 is 12.4 Å². The maximum Gasteiger partial charge on any atom is 0.165 e. The highest BCUT2D eigenvalue weighted by atomic mass is 35.5. The van der Waals surface area contributed by atoms with Gasteiger partial charge in [0.05, 0.1) is 7.11 Å². The third-order valence-corrected chi connectivity index (χ3v) is 1.56. The molecule has 0 bridgehead atoms. The molecule has 5 heteroatoms. The predicted octanol–water partition coefficient (Wildman–Crippen LogP) is 1.85. The van der Waals surface area contributed by atoms with Crippen molar-refractivity contribution in [2.75, 3.05) is 7.11 Å². The van der Waals surface area contributed by atoms with Crippen LogP contribution in [0.1, 0.15) is 5.56 Å². The van der Waals surface area contributed by atoms with Crippen LogP contribution in [0.5, 0.6) is 5.75 Å². The average molecular weight is 210 g/mol. The molecule has 0 unspecified atom stereocenters. The van der Waals surface area contributed by atoms with Crippen molar-refractivity contribution in [3.63, 3.8) is 0 Å². The van der Waals surface area contributed by atoms with Crippen molar-refractivity contribution in [2.45, 2.75) is 6.54 Å². The molecule has 0 amide bonds. The topological polar surface area (TPSA) is 35.2 Å². The fourth-order valence-corrected chi connectivity index (χ4v) is 0.986. The van der Waals surface area contributed by atoms with Crippen molar-refractivity contribution in [3.05, 3.63) is 29.3 Å². The Balaban J connectivity index is 0.00000144. The van der Waals surface area contributed by atoms with Crippen molar-refractivity contribution in [3.8, 4) is 5.75 Å². The molecule has 1 aromatic rings. The minimum absolute atomic E-state index is 0. The second kappa shape index (κ2) is 4.99. The number of halogens is 3. The van der Waals surface area contributed by atoms with Crippen LogP contribution >= 0.6 is 12.4 Å². The molecule has 0 aromatic heterocycles. The molecule has 1 rings (SSSR count). The van der Waals surface area contributed by atoms with Crippen LogP contribution in [0.4, 0.5) is 8.78 Å². The van der Waals surface area contributed by atoms with Gasteiger partial charge in [-0.1, -0.05) is 0 Å². The molecule has 0 aliphatic carbocycles. The molecular weight excluding hydrogens is 200 g/mol. The van der Waals surface area contributed by atoms with E-state index in [1.165, 1.54) is 7.11 Å². The van der Waals surface area contributed by atoms with E-state index < -0.39 is 11.6 Å². The quantitative estimate of drug-likeness (QED) is 0.807. The summed E-state index contributed by atoms with van der Waals surface area (Å²) < 4.78 is 30.4. The summed E-state index contributed by atoms with van der Waals surface area (Å²) in [4.78, 5) is 0. The number of benzene rings is 1. The zero-order valence-corrected chi connectivity index (χ0v) is 7.83. The van der Waals surface area contributed by atoms with Crippen LogP contribution in [0, 0.1) is 11.6 Å². The first kappa shape index (κ1) is 12.1. The van der Waals surface area contributed by atoms with Crippen molar-refractivity contribution in [1.29, 1.82) is 0 Å². The Hall–Kier alpha value is -0.870. The molecule has 74 valence electrons. The second-order valence-electron chi connectivity index (χ2n) is 2.25. The highest BCUT2D eigenvalue weighted by molar-refractivity contribution is 5.85. The summed E-state index contributed by atoms with van der Waals surface area (Å²) in [6.45, 7) is -0.0766. The third kappa shape index (κ3) is 2.29. The van der Waals surface area contributed by atoms with Gasteiger partial charge in [-0.3, -0.25) is 0 Å². The Bertz CT molecular complexity index is 265. The minimum atomic E-state index is -0.598. The first-order chi connectivity index (χ1) is 5.70. The van der Waals surface area contributed by atoms with E-state index in [9.17, 15) is 8.78 Å². The number of nitrogens with two attached hydrogens (primary N) is 1. The van der Waals surface area contributed by atoms with Crippen LogP contribution in [0.3, 0.4) is 0 Å². The smallest absolute Gasteiger partial charge is 0.165 e. The molecule has 13 heavy (non-hydrogen) atoms. The summed E-state index contributed by atoms with van der Waals surface area (Å²) in [6, 6.07) is 2.04. The van der Waals surface area contributed by atoms with Gasteiger partial charge in [0, 0.05) is 12.1 Å². The standard InChI is InChI=1S/C8H9F2NO.ClH/c1-12-8-5(4-11)6(9)2-3-7(8)10;/h2-3H,4,11H2,1H3;1H. The molecule has 2 N–H and O–H groups in total. The summed E-state index contributed by atoms with van der Waals surface area (Å²) in [5.41, 5.74) is 5.28. The molecular formula is C8H10ClF2NO. The third-order valence-electron chi connectivity index (χ3n) is 1.56. The summed E-state index contributed by atoms with van der Waals surface area (Å²) in [5.74, 6) is -1.26. The number of methoxy groups -OCH3 is 1. The van der Waals surface area contributed by atoms with Crippen molar-refractivity contribution in [2.24, 2.45) is 5.73 Å². The average Bonchev–Trinajstić information content (AvgIpc) is 2.08. The molecule has 2 nitrogen and oxygen atoms in total. The molecule has 0 radical (unpaired) electrons. The van der Waals surface area contributed by atoms with E-state index in [2.05, 4.69) is 4.74 Å². The Labute approximate surface area is 81.1 Å². The molecule has 0 aliphatic heterocycles. The van der Waals surface area contributed by atoms with Gasteiger partial charge >= 0.3 is 0 Å². The minimum Gasteiger partial charge on any atom is -0.493 e. The van der Waals surface area contributed by atoms with Gasteiger partial charge in [0.2, 0.25) is 0 Å². The van der Waals surface area contributed by atoms with Gasteiger partial charge in [-0.15, -0.1) is 12.4 Å². The van der Waals surface area contributed by atoms with Gasteiger partial charge < -0.3 is 10.5 Å². The van der Waals surface area contributed by atoms with Gasteiger partial charge in [0.15, 0.2) is 11.6 Å². The summed E-state index contributed by atoms with van der Waals surface area (Å²) in [5, 5.41) is 0. The van der Waals surface area contributed by atoms with Gasteiger partial charge in [-0.25, -0.2) is 8.78 Å². The monoisotopic (exact) mass is 209 g/mol. The molecule has 1 aromatic carbocycles. The van der Waals surface area contributed by atoms with Crippen LogP contribution in [0.25, 0.3) is 0 Å².